The van der Waals surface area contributed by atoms with Crippen LogP contribution in [0.2, 0.25) is 0 Å². The quantitative estimate of drug-likeness (QED) is 0.795. The van der Waals surface area contributed by atoms with Crippen molar-refractivity contribution in [2.45, 2.75) is 33.8 Å². The van der Waals surface area contributed by atoms with E-state index >= 15 is 0 Å². The first-order valence-corrected chi connectivity index (χ1v) is 8.25. The van der Waals surface area contributed by atoms with E-state index in [1.165, 1.54) is 6.92 Å². The molecule has 0 aliphatic rings. The maximum Gasteiger partial charge on any atom is 0.338 e. The number of nitrogens with one attached hydrogen (secondary N) is 2. The highest BCUT2D eigenvalue weighted by Crippen LogP contribution is 2.14. The third-order valence-corrected chi connectivity index (χ3v) is 3.58. The zero-order valence-electron chi connectivity index (χ0n) is 15.2. The van der Waals surface area contributed by atoms with E-state index in [4.69, 9.17) is 4.74 Å². The fraction of sp³-hybridized carbons (Fsp3) is 0.333. The van der Waals surface area contributed by atoms with Gasteiger partial charge in [-0.1, -0.05) is 0 Å². The molecule has 0 aliphatic heterocycles. The van der Waals surface area contributed by atoms with Crippen LogP contribution in [0.25, 0.3) is 5.69 Å². The van der Waals surface area contributed by atoms with Crippen molar-refractivity contribution in [2.24, 2.45) is 0 Å². The molecule has 0 spiro atoms. The summed E-state index contributed by atoms with van der Waals surface area (Å²) in [7, 11) is 0. The fourth-order valence-corrected chi connectivity index (χ4v) is 2.33. The number of carbonyl (C=O) groups excluding carboxylic acids is 3. The maximum absolute atomic E-state index is 12.2. The Labute approximate surface area is 151 Å². The number of aromatic nitrogens is 2. The number of esters is 1. The fourth-order valence-electron chi connectivity index (χ4n) is 2.33. The number of carbonyl (C=O) groups is 3. The molecule has 0 fully saturated rings. The molecule has 8 nitrogen and oxygen atoms in total. The van der Waals surface area contributed by atoms with Crippen LogP contribution in [0.1, 0.15) is 35.6 Å². The number of ether oxygens (including phenoxy) is 1. The van der Waals surface area contributed by atoms with Gasteiger partial charge < -0.3 is 10.1 Å². The SMILES string of the molecule is CCNC(=O)NC(=O)[C@@H](C)OC(=O)c1ccc(-n2nc(C)cc2C)cc1. The smallest absolute Gasteiger partial charge is 0.338 e. The molecule has 1 atom stereocenters. The Hall–Kier alpha value is -3.16. The summed E-state index contributed by atoms with van der Waals surface area (Å²) in [4.78, 5) is 35.3. The van der Waals surface area contributed by atoms with Crippen LogP contribution in [-0.4, -0.2) is 40.3 Å². The molecule has 0 saturated heterocycles. The first-order valence-electron chi connectivity index (χ1n) is 8.25. The zero-order valence-corrected chi connectivity index (χ0v) is 15.2. The highest BCUT2D eigenvalue weighted by molar-refractivity contribution is 5.98. The van der Waals surface area contributed by atoms with Crippen LogP contribution >= 0.6 is 0 Å². The molecular formula is C18H22N4O4. The summed E-state index contributed by atoms with van der Waals surface area (Å²) in [6.45, 7) is 7.36. The molecule has 2 aromatic rings. The van der Waals surface area contributed by atoms with E-state index in [-0.39, 0.29) is 0 Å². The molecule has 138 valence electrons. The summed E-state index contributed by atoms with van der Waals surface area (Å²) < 4.78 is 6.87. The van der Waals surface area contributed by atoms with Gasteiger partial charge in [-0.05, 0) is 58.0 Å². The minimum atomic E-state index is -1.10. The number of urea groups is 1. The van der Waals surface area contributed by atoms with E-state index in [9.17, 15) is 14.4 Å². The average Bonchev–Trinajstić information content (AvgIpc) is 2.93. The second-order valence-electron chi connectivity index (χ2n) is 5.78. The van der Waals surface area contributed by atoms with Gasteiger partial charge in [-0.2, -0.15) is 5.10 Å². The molecule has 0 unspecified atom stereocenters. The van der Waals surface area contributed by atoms with E-state index in [0.717, 1.165) is 17.1 Å². The molecule has 2 N–H and O–H groups in total. The van der Waals surface area contributed by atoms with Crippen LogP contribution in [0.15, 0.2) is 30.3 Å². The minimum Gasteiger partial charge on any atom is -0.449 e. The molecule has 0 aliphatic carbocycles. The van der Waals surface area contributed by atoms with Crippen molar-refractivity contribution in [3.8, 4) is 5.69 Å². The number of nitrogens with zero attached hydrogens (tertiary/aromatic N) is 2. The first kappa shape index (κ1) is 19.2. The average molecular weight is 358 g/mol. The van der Waals surface area contributed by atoms with Gasteiger partial charge in [0.15, 0.2) is 6.10 Å². The van der Waals surface area contributed by atoms with Crippen molar-refractivity contribution in [2.75, 3.05) is 6.54 Å². The van der Waals surface area contributed by atoms with Crippen LogP contribution in [0.3, 0.4) is 0 Å². The molecule has 8 heteroatoms. The number of hydrogen-bond donors (Lipinski definition) is 2. The number of hydrogen-bond acceptors (Lipinski definition) is 5. The van der Waals surface area contributed by atoms with Gasteiger partial charge in [0.1, 0.15) is 0 Å². The van der Waals surface area contributed by atoms with E-state index in [2.05, 4.69) is 15.7 Å². The number of imide groups is 1. The second-order valence-corrected chi connectivity index (χ2v) is 5.78. The van der Waals surface area contributed by atoms with Crippen LogP contribution in [0, 0.1) is 13.8 Å². The van der Waals surface area contributed by atoms with E-state index in [1.807, 2.05) is 19.9 Å². The van der Waals surface area contributed by atoms with Crippen LogP contribution < -0.4 is 10.6 Å². The molecular weight excluding hydrogens is 336 g/mol. The van der Waals surface area contributed by atoms with Gasteiger partial charge in [-0.3, -0.25) is 10.1 Å². The van der Waals surface area contributed by atoms with Gasteiger partial charge in [0.05, 0.1) is 16.9 Å². The van der Waals surface area contributed by atoms with Crippen molar-refractivity contribution in [1.82, 2.24) is 20.4 Å². The lowest BCUT2D eigenvalue weighted by Crippen LogP contribution is -2.44. The number of amides is 3. The summed E-state index contributed by atoms with van der Waals surface area (Å²) in [5.74, 6) is -1.34. The monoisotopic (exact) mass is 358 g/mol. The van der Waals surface area contributed by atoms with Gasteiger partial charge in [0, 0.05) is 12.2 Å². The molecule has 0 saturated carbocycles. The lowest BCUT2D eigenvalue weighted by Gasteiger charge is -2.13. The molecule has 1 aromatic carbocycles. The van der Waals surface area contributed by atoms with Crippen molar-refractivity contribution in [3.05, 3.63) is 47.3 Å². The van der Waals surface area contributed by atoms with Crippen molar-refractivity contribution >= 4 is 17.9 Å². The Kier molecular flexibility index (Phi) is 6.11. The predicted molar refractivity (Wildman–Crippen MR) is 95.1 cm³/mol. The topological polar surface area (TPSA) is 102 Å². The molecule has 2 rings (SSSR count). The predicted octanol–water partition coefficient (Wildman–Crippen LogP) is 1.88. The van der Waals surface area contributed by atoms with Crippen LogP contribution in [0.4, 0.5) is 4.79 Å². The third-order valence-electron chi connectivity index (χ3n) is 3.58. The second kappa shape index (κ2) is 8.28. The van der Waals surface area contributed by atoms with Gasteiger partial charge >= 0.3 is 12.0 Å². The Balaban J connectivity index is 2.00. The largest absolute Gasteiger partial charge is 0.449 e. The highest BCUT2D eigenvalue weighted by atomic mass is 16.5. The molecule has 0 radical (unpaired) electrons. The summed E-state index contributed by atoms with van der Waals surface area (Å²) in [5, 5.41) is 8.90. The number of aryl methyl sites for hydroxylation is 2. The Morgan fingerprint density at radius 2 is 1.85 bits per heavy atom. The molecule has 26 heavy (non-hydrogen) atoms. The lowest BCUT2D eigenvalue weighted by molar-refractivity contribution is -0.127. The normalized spacial score (nSPS) is 11.5. The molecule has 1 aromatic heterocycles. The van der Waals surface area contributed by atoms with E-state index in [1.54, 1.807) is 35.9 Å². The van der Waals surface area contributed by atoms with Crippen LogP contribution in [0.5, 0.6) is 0 Å². The lowest BCUT2D eigenvalue weighted by atomic mass is 10.2. The Morgan fingerprint density at radius 3 is 2.38 bits per heavy atom. The summed E-state index contributed by atoms with van der Waals surface area (Å²) in [6, 6.07) is 8.02. The summed E-state index contributed by atoms with van der Waals surface area (Å²) in [6.07, 6.45) is -1.10. The summed E-state index contributed by atoms with van der Waals surface area (Å²) >= 11 is 0. The van der Waals surface area contributed by atoms with Gasteiger partial charge in [0.25, 0.3) is 5.91 Å². The third kappa shape index (κ3) is 4.69. The maximum atomic E-state index is 12.2. The van der Waals surface area contributed by atoms with Crippen molar-refractivity contribution in [1.29, 1.82) is 0 Å². The molecule has 1 heterocycles. The van der Waals surface area contributed by atoms with Crippen molar-refractivity contribution in [3.63, 3.8) is 0 Å². The highest BCUT2D eigenvalue weighted by Gasteiger charge is 2.20. The van der Waals surface area contributed by atoms with Gasteiger partial charge in [-0.15, -0.1) is 0 Å². The number of rotatable bonds is 5. The van der Waals surface area contributed by atoms with Crippen LogP contribution in [-0.2, 0) is 9.53 Å². The Bertz CT molecular complexity index is 811. The first-order chi connectivity index (χ1) is 12.3. The summed E-state index contributed by atoms with van der Waals surface area (Å²) in [5.41, 5.74) is 2.99. The van der Waals surface area contributed by atoms with Gasteiger partial charge in [0.2, 0.25) is 0 Å². The molecule has 3 amide bonds. The van der Waals surface area contributed by atoms with Crippen molar-refractivity contribution < 1.29 is 19.1 Å². The van der Waals surface area contributed by atoms with E-state index in [0.29, 0.717) is 12.1 Å². The van der Waals surface area contributed by atoms with E-state index < -0.39 is 24.0 Å². The standard InChI is InChI=1S/C18H22N4O4/c1-5-19-18(25)20-16(23)13(4)26-17(24)14-6-8-15(9-7-14)22-12(3)10-11(2)21-22/h6-10,13H,5H2,1-4H3,(H2,19,20,23,25)/t13-/m1/s1. The Morgan fingerprint density at radius 1 is 1.19 bits per heavy atom. The van der Waals surface area contributed by atoms with Gasteiger partial charge in [-0.25, -0.2) is 14.3 Å². The number of benzene rings is 1. The minimum absolute atomic E-state index is 0.299. The molecule has 0 bridgehead atoms. The zero-order chi connectivity index (χ0) is 19.3.